The first-order valence-electron chi connectivity index (χ1n) is 13.5. The maximum absolute atomic E-state index is 12.3. The average molecular weight is 572 g/mol. The number of aryl methyl sites for hydroxylation is 1. The van der Waals surface area contributed by atoms with Crippen LogP contribution in [-0.2, 0) is 16.6 Å². The molecule has 0 bridgehead atoms. The highest BCUT2D eigenvalue weighted by atomic mass is 16.5. The normalized spacial score (nSPS) is 10.9. The molecule has 0 aliphatic rings. The number of aromatic nitrogens is 4. The molecule has 2 heterocycles. The molecule has 0 radical (unpaired) electrons. The number of hydrogen-bond acceptors (Lipinski definition) is 9. The van der Waals surface area contributed by atoms with Crippen molar-refractivity contribution in [3.63, 3.8) is 0 Å². The summed E-state index contributed by atoms with van der Waals surface area (Å²) in [4.78, 5) is 38.1. The summed E-state index contributed by atoms with van der Waals surface area (Å²) in [6.07, 6.45) is 3.07. The number of amides is 2. The van der Waals surface area contributed by atoms with Crippen LogP contribution in [0, 0.1) is 0 Å². The lowest BCUT2D eigenvalue weighted by atomic mass is 10.1. The molecular weight excluding hydrogens is 534 g/mol. The quantitative estimate of drug-likeness (QED) is 0.214. The number of nitrogens with zero attached hydrogens (tertiary/aromatic N) is 6. The van der Waals surface area contributed by atoms with Crippen LogP contribution >= 0.6 is 0 Å². The fraction of sp³-hybridized carbons (Fsp3) is 0.300. The van der Waals surface area contributed by atoms with Crippen molar-refractivity contribution in [3.8, 4) is 17.1 Å². The van der Waals surface area contributed by atoms with E-state index in [0.29, 0.717) is 40.6 Å². The number of nitrogens with one attached hydrogen (secondary N) is 3. The van der Waals surface area contributed by atoms with Gasteiger partial charge in [-0.3, -0.25) is 14.3 Å². The number of benzene rings is 2. The maximum atomic E-state index is 12.3. The van der Waals surface area contributed by atoms with E-state index in [1.165, 1.54) is 6.08 Å². The Bertz CT molecular complexity index is 1610. The lowest BCUT2D eigenvalue weighted by Crippen LogP contribution is -2.29. The predicted octanol–water partition coefficient (Wildman–Crippen LogP) is 4.25. The number of carbonyl (C=O) groups excluding carboxylic acids is 2. The molecule has 2 aromatic heterocycles. The maximum Gasteiger partial charge on any atom is 0.247 e. The monoisotopic (exact) mass is 571 g/mol. The third-order valence-corrected chi connectivity index (χ3v) is 6.67. The smallest absolute Gasteiger partial charge is 0.247 e. The van der Waals surface area contributed by atoms with Crippen LogP contribution in [0.1, 0.15) is 13.3 Å². The van der Waals surface area contributed by atoms with E-state index < -0.39 is 0 Å². The lowest BCUT2D eigenvalue weighted by Gasteiger charge is -2.26. The van der Waals surface area contributed by atoms with Crippen LogP contribution in [0.2, 0.25) is 0 Å². The molecule has 12 nitrogen and oxygen atoms in total. The molecule has 3 N–H and O–H groups in total. The van der Waals surface area contributed by atoms with Crippen LogP contribution in [0.15, 0.2) is 55.3 Å². The number of para-hydroxylation sites is 1. The fourth-order valence-electron chi connectivity index (χ4n) is 4.37. The standard InChI is InChI=1S/C30H37N9O3/c1-8-26(40)32-20-16-21(25(42-7)17-24(20)38(5)15-14-37(3)4)34-30-31-18-22(33-27(41)9-2)29(35-30)28-19-12-10-11-13-23(19)39(6)36-28/h8,10-13,16-18H,1,9,14-15H2,2-7H3,(H,32,40)(H,33,41)(H,31,34,35). The topological polar surface area (TPSA) is 130 Å². The molecule has 0 aliphatic carbocycles. The van der Waals surface area contributed by atoms with Gasteiger partial charge in [-0.1, -0.05) is 31.7 Å². The first kappa shape index (κ1) is 30.0. The Morgan fingerprint density at radius 3 is 2.50 bits per heavy atom. The highest BCUT2D eigenvalue weighted by Gasteiger charge is 2.20. The molecule has 4 aromatic rings. The first-order valence-corrected chi connectivity index (χ1v) is 13.5. The van der Waals surface area contributed by atoms with E-state index in [4.69, 9.17) is 14.8 Å². The Balaban J connectivity index is 1.80. The third kappa shape index (κ3) is 6.66. The molecule has 0 spiro atoms. The molecule has 2 aromatic carbocycles. The van der Waals surface area contributed by atoms with Gasteiger partial charge in [0.1, 0.15) is 17.1 Å². The van der Waals surface area contributed by atoms with E-state index in [1.54, 1.807) is 31.0 Å². The Labute approximate surface area is 245 Å². The summed E-state index contributed by atoms with van der Waals surface area (Å²) in [6, 6.07) is 11.4. The molecule has 0 saturated heterocycles. The molecule has 0 fully saturated rings. The Morgan fingerprint density at radius 1 is 1.05 bits per heavy atom. The van der Waals surface area contributed by atoms with Crippen LogP contribution in [0.5, 0.6) is 5.75 Å². The number of likely N-dealkylation sites (N-methyl/N-ethyl adjacent to an activating group) is 2. The van der Waals surface area contributed by atoms with Gasteiger partial charge >= 0.3 is 0 Å². The van der Waals surface area contributed by atoms with E-state index in [9.17, 15) is 9.59 Å². The van der Waals surface area contributed by atoms with Crippen molar-refractivity contribution in [2.45, 2.75) is 13.3 Å². The Hall–Kier alpha value is -4.97. The largest absolute Gasteiger partial charge is 0.494 e. The number of anilines is 5. The van der Waals surface area contributed by atoms with Crippen LogP contribution in [-0.4, -0.2) is 77.8 Å². The van der Waals surface area contributed by atoms with Crippen molar-refractivity contribution in [1.82, 2.24) is 24.6 Å². The van der Waals surface area contributed by atoms with Crippen molar-refractivity contribution in [3.05, 3.63) is 55.3 Å². The molecule has 12 heteroatoms. The second kappa shape index (κ2) is 13.1. The van der Waals surface area contributed by atoms with E-state index in [1.807, 2.05) is 63.4 Å². The number of rotatable bonds is 12. The van der Waals surface area contributed by atoms with E-state index in [0.717, 1.165) is 29.7 Å². The molecular formula is C30H37N9O3. The third-order valence-electron chi connectivity index (χ3n) is 6.67. The Kier molecular flexibility index (Phi) is 9.38. The summed E-state index contributed by atoms with van der Waals surface area (Å²) < 4.78 is 7.50. The van der Waals surface area contributed by atoms with Crippen molar-refractivity contribution >= 4 is 51.4 Å². The average Bonchev–Trinajstić information content (AvgIpc) is 3.32. The predicted molar refractivity (Wildman–Crippen MR) is 168 cm³/mol. The summed E-state index contributed by atoms with van der Waals surface area (Å²) >= 11 is 0. The van der Waals surface area contributed by atoms with Gasteiger partial charge in [0, 0.05) is 45.1 Å². The van der Waals surface area contributed by atoms with Crippen molar-refractivity contribution in [2.75, 3.05) is 62.2 Å². The van der Waals surface area contributed by atoms with Crippen LogP contribution in [0.25, 0.3) is 22.3 Å². The molecule has 0 saturated carbocycles. The SMILES string of the molecule is C=CC(=O)Nc1cc(Nc2ncc(NC(=O)CC)c(-c3nn(C)c4ccccc34)n2)c(OC)cc1N(C)CCN(C)C. The van der Waals surface area contributed by atoms with E-state index >= 15 is 0 Å². The minimum atomic E-state index is -0.343. The molecule has 4 rings (SSSR count). The van der Waals surface area contributed by atoms with Crippen molar-refractivity contribution in [2.24, 2.45) is 7.05 Å². The second-order valence-corrected chi connectivity index (χ2v) is 9.96. The zero-order valence-electron chi connectivity index (χ0n) is 24.9. The minimum Gasteiger partial charge on any atom is -0.494 e. The van der Waals surface area contributed by atoms with Crippen molar-refractivity contribution < 1.29 is 14.3 Å². The minimum absolute atomic E-state index is 0.168. The molecule has 0 atom stereocenters. The van der Waals surface area contributed by atoms with Gasteiger partial charge in [0.25, 0.3) is 0 Å². The summed E-state index contributed by atoms with van der Waals surface area (Å²) in [5, 5.41) is 14.6. The second-order valence-electron chi connectivity index (χ2n) is 9.96. The Morgan fingerprint density at radius 2 is 1.81 bits per heavy atom. The highest BCUT2D eigenvalue weighted by molar-refractivity contribution is 6.02. The van der Waals surface area contributed by atoms with Gasteiger partial charge in [-0.2, -0.15) is 5.10 Å². The lowest BCUT2D eigenvalue weighted by molar-refractivity contribution is -0.116. The summed E-state index contributed by atoms with van der Waals surface area (Å²) in [7, 11) is 9.38. The summed E-state index contributed by atoms with van der Waals surface area (Å²) in [6.45, 7) is 6.89. The van der Waals surface area contributed by atoms with Gasteiger partial charge in [0.05, 0.1) is 41.6 Å². The van der Waals surface area contributed by atoms with Gasteiger partial charge < -0.3 is 30.5 Å². The zero-order chi connectivity index (χ0) is 30.4. The van der Waals surface area contributed by atoms with Crippen LogP contribution in [0.3, 0.4) is 0 Å². The molecule has 42 heavy (non-hydrogen) atoms. The number of ether oxygens (including phenoxy) is 1. The van der Waals surface area contributed by atoms with Gasteiger partial charge in [0.2, 0.25) is 17.8 Å². The molecule has 0 aliphatic heterocycles. The van der Waals surface area contributed by atoms with Crippen LogP contribution in [0.4, 0.5) is 28.7 Å². The number of methoxy groups -OCH3 is 1. The molecule has 0 unspecified atom stereocenters. The van der Waals surface area contributed by atoms with Gasteiger partial charge in [0.15, 0.2) is 0 Å². The first-order chi connectivity index (χ1) is 20.1. The van der Waals surface area contributed by atoms with Gasteiger partial charge in [-0.15, -0.1) is 0 Å². The summed E-state index contributed by atoms with van der Waals surface area (Å²) in [5.74, 6) is 0.265. The fourth-order valence-corrected chi connectivity index (χ4v) is 4.37. The summed E-state index contributed by atoms with van der Waals surface area (Å²) in [5.41, 5.74) is 4.30. The van der Waals surface area contributed by atoms with Gasteiger partial charge in [-0.05, 0) is 32.3 Å². The highest BCUT2D eigenvalue weighted by Crippen LogP contribution is 2.39. The van der Waals surface area contributed by atoms with E-state index in [2.05, 4.69) is 32.4 Å². The zero-order valence-corrected chi connectivity index (χ0v) is 24.9. The van der Waals surface area contributed by atoms with Crippen molar-refractivity contribution in [1.29, 1.82) is 0 Å². The van der Waals surface area contributed by atoms with E-state index in [-0.39, 0.29) is 17.8 Å². The molecule has 2 amide bonds. The number of fused-ring (bicyclic) bond motifs is 1. The van der Waals surface area contributed by atoms with Gasteiger partial charge in [-0.25, -0.2) is 9.97 Å². The van der Waals surface area contributed by atoms with Crippen LogP contribution < -0.4 is 25.6 Å². The number of carbonyl (C=O) groups is 2. The number of hydrogen-bond donors (Lipinski definition) is 3. The molecule has 220 valence electrons.